The maximum atomic E-state index is 5.18. The smallest absolute Gasteiger partial charge is 0.0589 e. The highest BCUT2D eigenvalue weighted by Gasteiger charge is 2.22. The molecule has 20 heavy (non-hydrogen) atoms. The van der Waals surface area contributed by atoms with Gasteiger partial charge in [0.1, 0.15) is 0 Å². The summed E-state index contributed by atoms with van der Waals surface area (Å²) in [6, 6.07) is 11.5. The zero-order valence-electron chi connectivity index (χ0n) is 12.9. The molecule has 0 amide bonds. The van der Waals surface area contributed by atoms with Gasteiger partial charge in [-0.2, -0.15) is 0 Å². The van der Waals surface area contributed by atoms with E-state index in [0.717, 1.165) is 13.2 Å². The van der Waals surface area contributed by atoms with Gasteiger partial charge in [0.05, 0.1) is 6.61 Å². The second kappa shape index (κ2) is 8.40. The quantitative estimate of drug-likeness (QED) is 0.760. The molecule has 112 valence electrons. The Hall–Kier alpha value is -0.900. The molecule has 1 aliphatic heterocycles. The number of nitrogens with zero attached hydrogens (tertiary/aromatic N) is 2. The van der Waals surface area contributed by atoms with E-state index in [9.17, 15) is 0 Å². The normalized spacial score (nSPS) is 21.2. The minimum atomic E-state index is 0.649. The first kappa shape index (κ1) is 15.5. The van der Waals surface area contributed by atoms with Crippen LogP contribution in [0.1, 0.15) is 18.9 Å². The molecule has 1 saturated heterocycles. The Bertz CT molecular complexity index is 369. The number of ether oxygens (including phenoxy) is 1. The Labute approximate surface area is 123 Å². The van der Waals surface area contributed by atoms with E-state index in [1.54, 1.807) is 7.11 Å². The second-order valence-electron chi connectivity index (χ2n) is 5.77. The maximum Gasteiger partial charge on any atom is 0.0589 e. The fourth-order valence-electron chi connectivity index (χ4n) is 2.97. The van der Waals surface area contributed by atoms with Crippen molar-refractivity contribution in [3.8, 4) is 0 Å². The van der Waals surface area contributed by atoms with Crippen molar-refractivity contribution in [1.29, 1.82) is 0 Å². The Morgan fingerprint density at radius 3 is 2.65 bits per heavy atom. The summed E-state index contributed by atoms with van der Waals surface area (Å²) in [6.07, 6.45) is 2.45. The fourth-order valence-corrected chi connectivity index (χ4v) is 2.97. The van der Waals surface area contributed by atoms with Gasteiger partial charge in [-0.25, -0.2) is 0 Å². The first-order valence-corrected chi connectivity index (χ1v) is 7.79. The van der Waals surface area contributed by atoms with Crippen LogP contribution in [0, 0.1) is 0 Å². The average Bonchev–Trinajstić information content (AvgIpc) is 2.47. The van der Waals surface area contributed by atoms with Crippen molar-refractivity contribution < 1.29 is 4.74 Å². The summed E-state index contributed by atoms with van der Waals surface area (Å²) in [6.45, 7) is 9.03. The van der Waals surface area contributed by atoms with E-state index in [-0.39, 0.29) is 0 Å². The van der Waals surface area contributed by atoms with Crippen LogP contribution in [0.3, 0.4) is 0 Å². The molecule has 0 aliphatic carbocycles. The van der Waals surface area contributed by atoms with Gasteiger partial charge >= 0.3 is 0 Å². The highest BCUT2D eigenvalue weighted by Crippen LogP contribution is 2.10. The Kier molecular flexibility index (Phi) is 6.51. The Morgan fingerprint density at radius 1 is 1.15 bits per heavy atom. The van der Waals surface area contributed by atoms with Gasteiger partial charge in [0.2, 0.25) is 0 Å². The molecule has 0 unspecified atom stereocenters. The molecule has 0 bridgehead atoms. The van der Waals surface area contributed by atoms with E-state index >= 15 is 0 Å². The third kappa shape index (κ3) is 4.89. The van der Waals surface area contributed by atoms with Crippen molar-refractivity contribution in [2.24, 2.45) is 0 Å². The van der Waals surface area contributed by atoms with Crippen LogP contribution >= 0.6 is 0 Å². The van der Waals surface area contributed by atoms with Crippen LogP contribution < -0.4 is 0 Å². The molecule has 0 aromatic heterocycles. The van der Waals surface area contributed by atoms with Crippen molar-refractivity contribution in [3.63, 3.8) is 0 Å². The van der Waals surface area contributed by atoms with E-state index in [4.69, 9.17) is 4.74 Å². The van der Waals surface area contributed by atoms with E-state index in [0.29, 0.717) is 6.04 Å². The largest absolute Gasteiger partial charge is 0.383 e. The molecule has 1 aromatic rings. The summed E-state index contributed by atoms with van der Waals surface area (Å²) in [7, 11) is 1.78. The van der Waals surface area contributed by atoms with Crippen molar-refractivity contribution in [2.45, 2.75) is 25.8 Å². The molecular formula is C17H28N2O. The number of methoxy groups -OCH3 is 1. The summed E-state index contributed by atoms with van der Waals surface area (Å²) in [5.74, 6) is 0. The minimum absolute atomic E-state index is 0.649. The zero-order chi connectivity index (χ0) is 14.2. The van der Waals surface area contributed by atoms with Crippen LogP contribution in [0.2, 0.25) is 0 Å². The van der Waals surface area contributed by atoms with Gasteiger partial charge in [0.25, 0.3) is 0 Å². The molecule has 3 heteroatoms. The first-order chi connectivity index (χ1) is 9.79. The monoisotopic (exact) mass is 276 g/mol. The van der Waals surface area contributed by atoms with Crippen LogP contribution in [0.5, 0.6) is 0 Å². The Balaban J connectivity index is 1.66. The molecule has 1 aliphatic rings. The highest BCUT2D eigenvalue weighted by atomic mass is 16.5. The van der Waals surface area contributed by atoms with Crippen molar-refractivity contribution in [1.82, 2.24) is 9.80 Å². The molecule has 1 aromatic carbocycles. The molecule has 1 atom stereocenters. The van der Waals surface area contributed by atoms with E-state index in [1.165, 1.54) is 44.6 Å². The lowest BCUT2D eigenvalue weighted by atomic mass is 10.1. The molecular weight excluding hydrogens is 248 g/mol. The molecule has 3 nitrogen and oxygen atoms in total. The number of hydrogen-bond donors (Lipinski definition) is 0. The van der Waals surface area contributed by atoms with Crippen molar-refractivity contribution >= 4 is 0 Å². The van der Waals surface area contributed by atoms with Crippen LogP contribution in [0.15, 0.2) is 30.3 Å². The van der Waals surface area contributed by atoms with Crippen LogP contribution in [-0.4, -0.2) is 62.3 Å². The zero-order valence-corrected chi connectivity index (χ0v) is 12.9. The third-order valence-corrected chi connectivity index (χ3v) is 4.21. The topological polar surface area (TPSA) is 15.7 Å². The molecule has 0 spiro atoms. The summed E-state index contributed by atoms with van der Waals surface area (Å²) < 4.78 is 5.18. The lowest BCUT2D eigenvalue weighted by Gasteiger charge is -2.39. The standard InChI is InChI=1S/C17H28N2O/c1-16-15-18(11-12-19(16)13-14-20-2)10-6-9-17-7-4-3-5-8-17/h3-5,7-8,16H,6,9-15H2,1-2H3/t16-/m1/s1. The summed E-state index contributed by atoms with van der Waals surface area (Å²) >= 11 is 0. The van der Waals surface area contributed by atoms with Crippen LogP contribution in [0.4, 0.5) is 0 Å². The van der Waals surface area contributed by atoms with Gasteiger partial charge in [-0.1, -0.05) is 30.3 Å². The fraction of sp³-hybridized carbons (Fsp3) is 0.647. The lowest BCUT2D eigenvalue weighted by molar-refractivity contribution is 0.0586. The van der Waals surface area contributed by atoms with Crippen LogP contribution in [0.25, 0.3) is 0 Å². The van der Waals surface area contributed by atoms with Crippen LogP contribution in [-0.2, 0) is 11.2 Å². The van der Waals surface area contributed by atoms with Gasteiger partial charge < -0.3 is 9.64 Å². The SMILES string of the molecule is COCCN1CCN(CCCc2ccccc2)C[C@H]1C. The second-order valence-corrected chi connectivity index (χ2v) is 5.77. The Morgan fingerprint density at radius 2 is 1.95 bits per heavy atom. The van der Waals surface area contributed by atoms with Crippen molar-refractivity contribution in [3.05, 3.63) is 35.9 Å². The van der Waals surface area contributed by atoms with Gasteiger partial charge in [0, 0.05) is 39.3 Å². The van der Waals surface area contributed by atoms with Gasteiger partial charge in [-0.15, -0.1) is 0 Å². The molecule has 0 saturated carbocycles. The summed E-state index contributed by atoms with van der Waals surface area (Å²) in [5.41, 5.74) is 1.46. The highest BCUT2D eigenvalue weighted by molar-refractivity contribution is 5.14. The lowest BCUT2D eigenvalue weighted by Crippen LogP contribution is -2.52. The molecule has 2 rings (SSSR count). The predicted molar refractivity (Wildman–Crippen MR) is 84.1 cm³/mol. The van der Waals surface area contributed by atoms with E-state index < -0.39 is 0 Å². The van der Waals surface area contributed by atoms with Gasteiger partial charge in [-0.05, 0) is 31.9 Å². The van der Waals surface area contributed by atoms with E-state index in [2.05, 4.69) is 47.1 Å². The molecule has 0 radical (unpaired) electrons. The van der Waals surface area contributed by atoms with Crippen molar-refractivity contribution in [2.75, 3.05) is 46.4 Å². The third-order valence-electron chi connectivity index (χ3n) is 4.21. The minimum Gasteiger partial charge on any atom is -0.383 e. The first-order valence-electron chi connectivity index (χ1n) is 7.79. The maximum absolute atomic E-state index is 5.18. The van der Waals surface area contributed by atoms with Gasteiger partial charge in [0.15, 0.2) is 0 Å². The number of aryl methyl sites for hydroxylation is 1. The number of piperazine rings is 1. The summed E-state index contributed by atoms with van der Waals surface area (Å²) in [4.78, 5) is 5.15. The molecule has 1 fully saturated rings. The molecule has 0 N–H and O–H groups in total. The van der Waals surface area contributed by atoms with Gasteiger partial charge in [-0.3, -0.25) is 4.90 Å². The number of benzene rings is 1. The van der Waals surface area contributed by atoms with E-state index in [1.807, 2.05) is 0 Å². The summed E-state index contributed by atoms with van der Waals surface area (Å²) in [5, 5.41) is 0. The predicted octanol–water partition coefficient (Wildman–Crippen LogP) is 2.27. The average molecular weight is 276 g/mol. The number of hydrogen-bond acceptors (Lipinski definition) is 3. The molecule has 1 heterocycles. The number of rotatable bonds is 7.